The third-order valence-electron chi connectivity index (χ3n) is 4.03. The van der Waals surface area contributed by atoms with Crippen LogP contribution in [0, 0.1) is 0 Å². The van der Waals surface area contributed by atoms with Crippen LogP contribution in [0.25, 0.3) is 10.8 Å². The maximum absolute atomic E-state index is 5.29. The summed E-state index contributed by atoms with van der Waals surface area (Å²) in [6.07, 6.45) is 1.02. The molecule has 0 N–H and O–H groups in total. The molecule has 2 heterocycles. The van der Waals surface area contributed by atoms with Crippen LogP contribution in [0.4, 0.5) is 0 Å². The van der Waals surface area contributed by atoms with Crippen LogP contribution >= 0.6 is 23.5 Å². The summed E-state index contributed by atoms with van der Waals surface area (Å²) in [4.78, 5) is 0. The summed E-state index contributed by atoms with van der Waals surface area (Å²) in [7, 11) is 0. The smallest absolute Gasteiger partial charge is 0.0900 e. The first-order chi connectivity index (χ1) is 10.9. The maximum Gasteiger partial charge on any atom is 0.0900 e. The molecule has 2 aliphatic rings. The van der Waals surface area contributed by atoms with Crippen LogP contribution in [0.15, 0.2) is 36.4 Å². The summed E-state index contributed by atoms with van der Waals surface area (Å²) in [5.74, 6) is 4.38. The van der Waals surface area contributed by atoms with E-state index >= 15 is 0 Å². The predicted molar refractivity (Wildman–Crippen MR) is 95.8 cm³/mol. The Labute approximate surface area is 139 Å². The normalized spacial score (nSPS) is 22.9. The molecule has 0 bridgehead atoms. The highest BCUT2D eigenvalue weighted by Crippen LogP contribution is 2.30. The Balaban J connectivity index is 1.48. The molecule has 2 unspecified atom stereocenters. The zero-order valence-corrected chi connectivity index (χ0v) is 14.1. The van der Waals surface area contributed by atoms with Gasteiger partial charge in [-0.05, 0) is 21.9 Å². The van der Waals surface area contributed by atoms with Crippen molar-refractivity contribution in [2.75, 3.05) is 24.7 Å². The molecule has 2 fully saturated rings. The summed E-state index contributed by atoms with van der Waals surface area (Å²) in [6.45, 7) is 1.91. The molecular formula is C18H20O2S2. The van der Waals surface area contributed by atoms with Gasteiger partial charge in [-0.3, -0.25) is 0 Å². The fraction of sp³-hybridized carbons (Fsp3) is 0.444. The highest BCUT2D eigenvalue weighted by atomic mass is 32.2. The summed E-state index contributed by atoms with van der Waals surface area (Å²) in [6, 6.07) is 13.4. The molecule has 4 heteroatoms. The third-order valence-corrected chi connectivity index (χ3v) is 6.28. The van der Waals surface area contributed by atoms with E-state index in [9.17, 15) is 0 Å². The second-order valence-corrected chi connectivity index (χ2v) is 7.93. The Morgan fingerprint density at radius 3 is 1.64 bits per heavy atom. The van der Waals surface area contributed by atoms with E-state index in [-0.39, 0.29) is 0 Å². The Morgan fingerprint density at radius 1 is 0.773 bits per heavy atom. The minimum atomic E-state index is 0.511. The molecular weight excluding hydrogens is 312 g/mol. The molecule has 0 spiro atoms. The molecule has 2 aliphatic heterocycles. The van der Waals surface area contributed by atoms with E-state index in [1.165, 1.54) is 21.9 Å². The second-order valence-electron chi connectivity index (χ2n) is 5.87. The molecule has 116 valence electrons. The first-order valence-electron chi connectivity index (χ1n) is 7.78. The molecule has 0 aromatic heterocycles. The Bertz CT molecular complexity index is 594. The van der Waals surface area contributed by atoms with E-state index in [2.05, 4.69) is 36.4 Å². The standard InChI is InChI=1S/C18H20O2S2/c1-2-4-18-14(10-22-12-16-8-20-16)6-5-13(17(18)3-1)9-21-11-15-7-19-15/h1-6,15-16H,7-12H2. The van der Waals surface area contributed by atoms with Gasteiger partial charge in [-0.25, -0.2) is 0 Å². The Hall–Kier alpha value is -0.680. The quantitative estimate of drug-likeness (QED) is 0.679. The number of benzene rings is 2. The van der Waals surface area contributed by atoms with Gasteiger partial charge >= 0.3 is 0 Å². The van der Waals surface area contributed by atoms with Crippen molar-refractivity contribution in [1.82, 2.24) is 0 Å². The van der Waals surface area contributed by atoms with Gasteiger partial charge in [0.05, 0.1) is 25.4 Å². The molecule has 0 amide bonds. The van der Waals surface area contributed by atoms with Crippen molar-refractivity contribution >= 4 is 34.3 Å². The van der Waals surface area contributed by atoms with E-state index in [4.69, 9.17) is 9.47 Å². The number of thioether (sulfide) groups is 2. The second kappa shape index (κ2) is 6.83. The number of hydrogen-bond donors (Lipinski definition) is 0. The summed E-state index contributed by atoms with van der Waals surface area (Å²) >= 11 is 3.96. The van der Waals surface area contributed by atoms with Crippen molar-refractivity contribution in [2.45, 2.75) is 23.7 Å². The number of ether oxygens (including phenoxy) is 2. The zero-order valence-electron chi connectivity index (χ0n) is 12.5. The zero-order chi connectivity index (χ0) is 14.8. The Morgan fingerprint density at radius 2 is 1.23 bits per heavy atom. The molecule has 0 saturated carbocycles. The van der Waals surface area contributed by atoms with Crippen LogP contribution < -0.4 is 0 Å². The molecule has 2 nitrogen and oxygen atoms in total. The molecule has 4 rings (SSSR count). The monoisotopic (exact) mass is 332 g/mol. The summed E-state index contributed by atoms with van der Waals surface area (Å²) in [5.41, 5.74) is 2.89. The molecule has 0 aliphatic carbocycles. The molecule has 0 radical (unpaired) electrons. The van der Waals surface area contributed by atoms with Crippen molar-refractivity contribution in [3.05, 3.63) is 47.5 Å². The largest absolute Gasteiger partial charge is 0.372 e. The highest BCUT2D eigenvalue weighted by Gasteiger charge is 2.22. The van der Waals surface area contributed by atoms with Gasteiger partial charge in [0.25, 0.3) is 0 Å². The first-order valence-corrected chi connectivity index (χ1v) is 10.1. The van der Waals surface area contributed by atoms with Gasteiger partial charge in [0.15, 0.2) is 0 Å². The third kappa shape index (κ3) is 3.80. The van der Waals surface area contributed by atoms with Gasteiger partial charge in [-0.2, -0.15) is 23.5 Å². The summed E-state index contributed by atoms with van der Waals surface area (Å²) in [5, 5.41) is 2.82. The topological polar surface area (TPSA) is 25.1 Å². The van der Waals surface area contributed by atoms with Crippen molar-refractivity contribution in [2.24, 2.45) is 0 Å². The van der Waals surface area contributed by atoms with Crippen LogP contribution in [0.3, 0.4) is 0 Å². The minimum absolute atomic E-state index is 0.511. The van der Waals surface area contributed by atoms with Crippen LogP contribution in [0.1, 0.15) is 11.1 Å². The lowest BCUT2D eigenvalue weighted by Crippen LogP contribution is -1.94. The van der Waals surface area contributed by atoms with Gasteiger partial charge in [0.1, 0.15) is 0 Å². The van der Waals surface area contributed by atoms with Crippen molar-refractivity contribution in [3.8, 4) is 0 Å². The van der Waals surface area contributed by atoms with E-state index in [1.54, 1.807) is 0 Å². The van der Waals surface area contributed by atoms with Gasteiger partial charge in [-0.1, -0.05) is 36.4 Å². The number of epoxide rings is 2. The molecule has 2 saturated heterocycles. The van der Waals surface area contributed by atoms with E-state index in [1.807, 2.05) is 23.5 Å². The fourth-order valence-electron chi connectivity index (χ4n) is 2.60. The minimum Gasteiger partial charge on any atom is -0.372 e. The van der Waals surface area contributed by atoms with Crippen molar-refractivity contribution in [1.29, 1.82) is 0 Å². The SMILES string of the molecule is c1ccc2c(CSCC3CO3)ccc(CSCC3CO3)c2c1. The summed E-state index contributed by atoms with van der Waals surface area (Å²) < 4.78 is 10.6. The number of fused-ring (bicyclic) bond motifs is 1. The van der Waals surface area contributed by atoms with E-state index < -0.39 is 0 Å². The van der Waals surface area contributed by atoms with E-state index in [0.29, 0.717) is 12.2 Å². The number of rotatable bonds is 8. The van der Waals surface area contributed by atoms with Crippen LogP contribution in [-0.4, -0.2) is 36.9 Å². The molecule has 2 aromatic carbocycles. The maximum atomic E-state index is 5.29. The van der Waals surface area contributed by atoms with Gasteiger partial charge < -0.3 is 9.47 Å². The molecule has 22 heavy (non-hydrogen) atoms. The lowest BCUT2D eigenvalue weighted by atomic mass is 10.0. The lowest BCUT2D eigenvalue weighted by molar-refractivity contribution is 0.426. The van der Waals surface area contributed by atoms with Crippen molar-refractivity contribution in [3.63, 3.8) is 0 Å². The number of hydrogen-bond acceptors (Lipinski definition) is 4. The average Bonchev–Trinajstić information content (AvgIpc) is 3.44. The van der Waals surface area contributed by atoms with Gasteiger partial charge in [-0.15, -0.1) is 0 Å². The van der Waals surface area contributed by atoms with Crippen molar-refractivity contribution < 1.29 is 9.47 Å². The highest BCUT2D eigenvalue weighted by molar-refractivity contribution is 7.98. The van der Waals surface area contributed by atoms with Crippen LogP contribution in [0.5, 0.6) is 0 Å². The first kappa shape index (κ1) is 14.9. The average molecular weight is 332 g/mol. The fourth-order valence-corrected chi connectivity index (χ4v) is 4.69. The van der Waals surface area contributed by atoms with Crippen LogP contribution in [-0.2, 0) is 21.0 Å². The predicted octanol–water partition coefficient (Wildman–Crippen LogP) is 4.10. The van der Waals surface area contributed by atoms with E-state index in [0.717, 1.165) is 36.2 Å². The molecule has 2 atom stereocenters. The molecule has 2 aromatic rings. The Kier molecular flexibility index (Phi) is 4.62. The van der Waals surface area contributed by atoms with Gasteiger partial charge in [0, 0.05) is 23.0 Å². The van der Waals surface area contributed by atoms with Crippen LogP contribution in [0.2, 0.25) is 0 Å². The van der Waals surface area contributed by atoms with Gasteiger partial charge in [0.2, 0.25) is 0 Å². The lowest BCUT2D eigenvalue weighted by Gasteiger charge is -2.11.